The number of rotatable bonds is 3. The Hall–Kier alpha value is -2.87. The molecule has 0 saturated heterocycles. The Bertz CT molecular complexity index is 950. The molecule has 0 unspecified atom stereocenters. The van der Waals surface area contributed by atoms with Crippen molar-refractivity contribution in [2.75, 3.05) is 26.1 Å². The molecule has 1 aromatic heterocycles. The van der Waals surface area contributed by atoms with Crippen molar-refractivity contribution in [3.8, 4) is 0 Å². The lowest BCUT2D eigenvalue weighted by Crippen LogP contribution is -2.35. The van der Waals surface area contributed by atoms with Crippen LogP contribution in [-0.2, 0) is 22.4 Å². The lowest BCUT2D eigenvalue weighted by Gasteiger charge is -2.25. The molecule has 0 fully saturated rings. The van der Waals surface area contributed by atoms with Crippen molar-refractivity contribution in [3.05, 3.63) is 50.9 Å². The van der Waals surface area contributed by atoms with Crippen molar-refractivity contribution in [1.29, 1.82) is 0 Å². The van der Waals surface area contributed by atoms with Gasteiger partial charge in [-0.15, -0.1) is 11.3 Å². The van der Waals surface area contributed by atoms with Crippen LogP contribution < -0.4 is 5.32 Å². The van der Waals surface area contributed by atoms with Crippen LogP contribution in [0.2, 0.25) is 0 Å². The van der Waals surface area contributed by atoms with Gasteiger partial charge in [-0.1, -0.05) is 17.7 Å². The first-order valence-corrected chi connectivity index (χ1v) is 9.61. The summed E-state index contributed by atoms with van der Waals surface area (Å²) < 4.78 is 9.73. The van der Waals surface area contributed by atoms with Crippen LogP contribution in [0.5, 0.6) is 0 Å². The van der Waals surface area contributed by atoms with Gasteiger partial charge in [-0.05, 0) is 37.5 Å². The number of aryl methyl sites for hydroxylation is 2. The number of nitrogens with zero attached hydrogens (tertiary/aromatic N) is 1. The van der Waals surface area contributed by atoms with E-state index in [-0.39, 0.29) is 5.91 Å². The van der Waals surface area contributed by atoms with Gasteiger partial charge in [0.05, 0.1) is 26.3 Å². The van der Waals surface area contributed by atoms with E-state index in [0.29, 0.717) is 35.6 Å². The van der Waals surface area contributed by atoms with E-state index in [9.17, 15) is 14.4 Å². The average molecular weight is 402 g/mol. The number of hydrogen-bond donors (Lipinski definition) is 1. The first kappa shape index (κ1) is 19.9. The number of amides is 2. The maximum atomic E-state index is 12.8. The summed E-state index contributed by atoms with van der Waals surface area (Å²) in [7, 11) is 2.65. The van der Waals surface area contributed by atoms with Gasteiger partial charge in [0, 0.05) is 17.0 Å². The second-order valence-corrected chi connectivity index (χ2v) is 7.72. The lowest BCUT2D eigenvalue weighted by molar-refractivity contribution is 0.0600. The standard InChI is InChI=1S/C20H22N2O5S/c1-11-5-6-12(2)14(9-11)17(23)21-18-16(19(24)26-3)13-7-8-22(20(25)27-4)10-15(13)28-18/h5-6,9H,7-8,10H2,1-4H3,(H,21,23). The molecular weight excluding hydrogens is 380 g/mol. The van der Waals surface area contributed by atoms with Crippen LogP contribution in [0.4, 0.5) is 9.80 Å². The number of benzene rings is 1. The SMILES string of the molecule is COC(=O)c1c(NC(=O)c2cc(C)ccc2C)sc2c1CCN(C(=O)OC)C2. The Morgan fingerprint density at radius 1 is 1.14 bits per heavy atom. The van der Waals surface area contributed by atoms with Crippen LogP contribution in [-0.4, -0.2) is 43.6 Å². The predicted molar refractivity (Wildman–Crippen MR) is 106 cm³/mol. The molecule has 1 N–H and O–H groups in total. The highest BCUT2D eigenvalue weighted by atomic mass is 32.1. The number of carbonyl (C=O) groups excluding carboxylic acids is 3. The third kappa shape index (κ3) is 3.73. The van der Waals surface area contributed by atoms with E-state index in [1.165, 1.54) is 25.6 Å². The minimum Gasteiger partial charge on any atom is -0.465 e. The molecule has 2 amide bonds. The molecule has 28 heavy (non-hydrogen) atoms. The van der Waals surface area contributed by atoms with Crippen molar-refractivity contribution in [2.24, 2.45) is 0 Å². The molecule has 0 spiro atoms. The zero-order valence-electron chi connectivity index (χ0n) is 16.3. The monoisotopic (exact) mass is 402 g/mol. The lowest BCUT2D eigenvalue weighted by atomic mass is 10.0. The number of anilines is 1. The number of esters is 1. The van der Waals surface area contributed by atoms with Gasteiger partial charge < -0.3 is 19.7 Å². The van der Waals surface area contributed by atoms with Crippen molar-refractivity contribution >= 4 is 34.3 Å². The van der Waals surface area contributed by atoms with Gasteiger partial charge in [-0.3, -0.25) is 4.79 Å². The molecule has 8 heteroatoms. The predicted octanol–water partition coefficient (Wildman–Crippen LogP) is 3.53. The van der Waals surface area contributed by atoms with E-state index in [4.69, 9.17) is 9.47 Å². The highest BCUT2D eigenvalue weighted by Crippen LogP contribution is 2.38. The summed E-state index contributed by atoms with van der Waals surface area (Å²) in [5.74, 6) is -0.782. The maximum absolute atomic E-state index is 12.8. The fourth-order valence-electron chi connectivity index (χ4n) is 3.25. The molecule has 0 radical (unpaired) electrons. The number of carbonyl (C=O) groups is 3. The number of ether oxygens (including phenoxy) is 2. The van der Waals surface area contributed by atoms with Crippen LogP contribution in [0.1, 0.15) is 42.3 Å². The summed E-state index contributed by atoms with van der Waals surface area (Å²) in [6, 6.07) is 5.64. The summed E-state index contributed by atoms with van der Waals surface area (Å²) in [6.07, 6.45) is 0.0738. The Kier molecular flexibility index (Phi) is 5.69. The van der Waals surface area contributed by atoms with E-state index in [1.54, 1.807) is 4.90 Å². The molecule has 1 aliphatic heterocycles. The van der Waals surface area contributed by atoms with Gasteiger partial charge >= 0.3 is 12.1 Å². The Morgan fingerprint density at radius 2 is 1.89 bits per heavy atom. The molecular formula is C20H22N2O5S. The van der Waals surface area contributed by atoms with Crippen LogP contribution >= 0.6 is 11.3 Å². The summed E-state index contributed by atoms with van der Waals surface area (Å²) in [4.78, 5) is 39.5. The number of hydrogen-bond acceptors (Lipinski definition) is 6. The van der Waals surface area contributed by atoms with Gasteiger partial charge in [-0.2, -0.15) is 0 Å². The summed E-state index contributed by atoms with van der Waals surface area (Å²) in [6.45, 7) is 4.55. The fourth-order valence-corrected chi connectivity index (χ4v) is 4.49. The topological polar surface area (TPSA) is 84.9 Å². The quantitative estimate of drug-likeness (QED) is 0.794. The highest BCUT2D eigenvalue weighted by Gasteiger charge is 2.31. The van der Waals surface area contributed by atoms with Crippen LogP contribution in [0, 0.1) is 13.8 Å². The number of nitrogens with one attached hydrogen (secondary N) is 1. The molecule has 7 nitrogen and oxygen atoms in total. The Morgan fingerprint density at radius 3 is 2.57 bits per heavy atom. The molecule has 0 bridgehead atoms. The van der Waals surface area contributed by atoms with E-state index in [0.717, 1.165) is 21.6 Å². The largest absolute Gasteiger partial charge is 0.465 e. The van der Waals surface area contributed by atoms with E-state index < -0.39 is 12.1 Å². The zero-order chi connectivity index (χ0) is 20.4. The summed E-state index contributed by atoms with van der Waals surface area (Å²) in [5.41, 5.74) is 3.56. The normalized spacial score (nSPS) is 12.9. The van der Waals surface area contributed by atoms with Gasteiger partial charge in [-0.25, -0.2) is 9.59 Å². The van der Waals surface area contributed by atoms with E-state index in [2.05, 4.69) is 5.32 Å². The molecule has 1 aromatic carbocycles. The summed E-state index contributed by atoms with van der Waals surface area (Å²) in [5, 5.41) is 3.31. The van der Waals surface area contributed by atoms with Crippen LogP contribution in [0.15, 0.2) is 18.2 Å². The van der Waals surface area contributed by atoms with Crippen LogP contribution in [0.25, 0.3) is 0 Å². The Balaban J connectivity index is 1.96. The molecule has 148 valence electrons. The second-order valence-electron chi connectivity index (χ2n) is 6.61. The van der Waals surface area contributed by atoms with Crippen molar-refractivity contribution in [1.82, 2.24) is 4.90 Å². The maximum Gasteiger partial charge on any atom is 0.409 e. The second kappa shape index (κ2) is 8.02. The number of methoxy groups -OCH3 is 2. The van der Waals surface area contributed by atoms with E-state index >= 15 is 0 Å². The minimum atomic E-state index is -0.500. The number of thiophene rings is 1. The van der Waals surface area contributed by atoms with Crippen molar-refractivity contribution in [2.45, 2.75) is 26.8 Å². The van der Waals surface area contributed by atoms with Gasteiger partial charge in [0.1, 0.15) is 5.00 Å². The number of fused-ring (bicyclic) bond motifs is 1. The van der Waals surface area contributed by atoms with Crippen molar-refractivity contribution in [3.63, 3.8) is 0 Å². The van der Waals surface area contributed by atoms with Crippen molar-refractivity contribution < 1.29 is 23.9 Å². The summed E-state index contributed by atoms with van der Waals surface area (Å²) >= 11 is 1.29. The molecule has 3 rings (SSSR count). The molecule has 1 aliphatic rings. The van der Waals surface area contributed by atoms with E-state index in [1.807, 2.05) is 32.0 Å². The minimum absolute atomic E-state index is 0.283. The molecule has 0 atom stereocenters. The third-order valence-corrected chi connectivity index (χ3v) is 5.88. The highest BCUT2D eigenvalue weighted by molar-refractivity contribution is 7.17. The van der Waals surface area contributed by atoms with Gasteiger partial charge in [0.2, 0.25) is 0 Å². The average Bonchev–Trinajstić information content (AvgIpc) is 3.05. The Labute approximate surface area is 167 Å². The molecule has 0 aliphatic carbocycles. The van der Waals surface area contributed by atoms with Gasteiger partial charge in [0.15, 0.2) is 0 Å². The van der Waals surface area contributed by atoms with Gasteiger partial charge in [0.25, 0.3) is 5.91 Å². The molecule has 2 heterocycles. The van der Waals surface area contributed by atoms with Crippen LogP contribution in [0.3, 0.4) is 0 Å². The third-order valence-electron chi connectivity index (χ3n) is 4.74. The zero-order valence-corrected chi connectivity index (χ0v) is 17.1. The smallest absolute Gasteiger partial charge is 0.409 e. The first-order chi connectivity index (χ1) is 13.3. The first-order valence-electron chi connectivity index (χ1n) is 8.80. The molecule has 2 aromatic rings. The fraction of sp³-hybridized carbons (Fsp3) is 0.350. The molecule has 0 saturated carbocycles.